The fourth-order valence-corrected chi connectivity index (χ4v) is 3.13. The molecular weight excluding hydrogens is 332 g/mol. The molecule has 3 aromatic carbocycles. The van der Waals surface area contributed by atoms with E-state index in [9.17, 15) is 5.11 Å². The second-order valence-corrected chi connectivity index (χ2v) is 6.47. The van der Waals surface area contributed by atoms with Crippen LogP contribution >= 0.6 is 0 Å². The van der Waals surface area contributed by atoms with E-state index < -0.39 is 0 Å². The third-order valence-corrected chi connectivity index (χ3v) is 4.58. The number of nitrogens with zero attached hydrogens (tertiary/aromatic N) is 1. The highest BCUT2D eigenvalue weighted by molar-refractivity contribution is 5.89. The zero-order valence-corrected chi connectivity index (χ0v) is 14.9. The average molecular weight is 352 g/mol. The van der Waals surface area contributed by atoms with Crippen molar-refractivity contribution in [3.8, 4) is 16.9 Å². The summed E-state index contributed by atoms with van der Waals surface area (Å²) in [5, 5.41) is 14.6. The van der Waals surface area contributed by atoms with Gasteiger partial charge in [0.1, 0.15) is 11.3 Å². The lowest BCUT2D eigenvalue weighted by Gasteiger charge is -2.12. The van der Waals surface area contributed by atoms with Crippen LogP contribution in [-0.4, -0.2) is 10.1 Å². The number of hydrogen-bond acceptors (Lipinski definition) is 3. The Kier molecular flexibility index (Phi) is 4.58. The van der Waals surface area contributed by atoms with Crippen molar-refractivity contribution in [1.82, 2.24) is 10.3 Å². The maximum absolute atomic E-state index is 10.3. The van der Waals surface area contributed by atoms with E-state index in [2.05, 4.69) is 35.1 Å². The Hall–Kier alpha value is -3.59. The van der Waals surface area contributed by atoms with Crippen LogP contribution in [-0.2, 0) is 6.54 Å². The predicted octanol–water partition coefficient (Wildman–Crippen LogP) is 5.37. The second kappa shape index (κ2) is 7.34. The molecule has 1 aromatic heterocycles. The summed E-state index contributed by atoms with van der Waals surface area (Å²) >= 11 is 0. The van der Waals surface area contributed by atoms with Crippen molar-refractivity contribution >= 4 is 16.6 Å². The van der Waals surface area contributed by atoms with E-state index in [1.807, 2.05) is 54.6 Å². The van der Waals surface area contributed by atoms with E-state index in [-0.39, 0.29) is 5.75 Å². The fraction of sp³-hybridized carbons (Fsp3) is 0.0417. The van der Waals surface area contributed by atoms with Gasteiger partial charge in [0.25, 0.3) is 0 Å². The molecule has 3 heteroatoms. The standard InChI is InChI=1S/C24H20N2O/c1-17(26-16-18-7-3-2-4-8-18)19-9-5-10-20(13-19)22-14-21-11-6-12-25-24(21)23(27)15-22/h2-15,26-27H,1,16H2. The molecular formula is C24H20N2O. The van der Waals surface area contributed by atoms with Crippen molar-refractivity contribution in [2.75, 3.05) is 0 Å². The Morgan fingerprint density at radius 1 is 0.889 bits per heavy atom. The van der Waals surface area contributed by atoms with Gasteiger partial charge in [0, 0.05) is 23.8 Å². The van der Waals surface area contributed by atoms with E-state index in [1.54, 1.807) is 12.3 Å². The first-order valence-corrected chi connectivity index (χ1v) is 8.86. The van der Waals surface area contributed by atoms with Gasteiger partial charge in [-0.25, -0.2) is 0 Å². The van der Waals surface area contributed by atoms with E-state index in [0.29, 0.717) is 5.52 Å². The number of aromatic hydroxyl groups is 1. The van der Waals surface area contributed by atoms with Crippen LogP contribution in [0.4, 0.5) is 0 Å². The lowest BCUT2D eigenvalue weighted by molar-refractivity contribution is 0.480. The lowest BCUT2D eigenvalue weighted by Crippen LogP contribution is -2.10. The molecule has 1 heterocycles. The van der Waals surface area contributed by atoms with E-state index in [0.717, 1.165) is 34.3 Å². The first-order valence-electron chi connectivity index (χ1n) is 8.86. The van der Waals surface area contributed by atoms with Crippen molar-refractivity contribution in [2.45, 2.75) is 6.54 Å². The smallest absolute Gasteiger partial charge is 0.142 e. The molecule has 0 unspecified atom stereocenters. The number of pyridine rings is 1. The number of aromatic nitrogens is 1. The van der Waals surface area contributed by atoms with Gasteiger partial charge < -0.3 is 10.4 Å². The summed E-state index contributed by atoms with van der Waals surface area (Å²) < 4.78 is 0. The third-order valence-electron chi connectivity index (χ3n) is 4.58. The van der Waals surface area contributed by atoms with Crippen LogP contribution in [0.3, 0.4) is 0 Å². The maximum Gasteiger partial charge on any atom is 0.142 e. The molecule has 3 nitrogen and oxygen atoms in total. The fourth-order valence-electron chi connectivity index (χ4n) is 3.13. The Morgan fingerprint density at radius 2 is 1.74 bits per heavy atom. The van der Waals surface area contributed by atoms with Crippen molar-refractivity contribution in [2.24, 2.45) is 0 Å². The number of fused-ring (bicyclic) bond motifs is 1. The average Bonchev–Trinajstić information content (AvgIpc) is 2.73. The molecule has 4 aromatic rings. The van der Waals surface area contributed by atoms with E-state index >= 15 is 0 Å². The number of phenolic OH excluding ortho intramolecular Hbond substituents is 1. The van der Waals surface area contributed by atoms with Crippen LogP contribution in [0.25, 0.3) is 27.7 Å². The van der Waals surface area contributed by atoms with Crippen molar-refractivity contribution in [3.05, 3.63) is 103 Å². The summed E-state index contributed by atoms with van der Waals surface area (Å²) in [6, 6.07) is 26.0. The van der Waals surface area contributed by atoms with Gasteiger partial charge in [0.2, 0.25) is 0 Å². The zero-order valence-electron chi connectivity index (χ0n) is 14.9. The Balaban J connectivity index is 1.60. The Morgan fingerprint density at radius 3 is 2.59 bits per heavy atom. The maximum atomic E-state index is 10.3. The molecule has 0 fully saturated rings. The molecule has 4 rings (SSSR count). The van der Waals surface area contributed by atoms with Gasteiger partial charge in [-0.05, 0) is 46.5 Å². The molecule has 0 radical (unpaired) electrons. The van der Waals surface area contributed by atoms with Gasteiger partial charge in [-0.3, -0.25) is 4.98 Å². The molecule has 0 saturated carbocycles. The quantitative estimate of drug-likeness (QED) is 0.508. The normalized spacial score (nSPS) is 10.7. The third kappa shape index (κ3) is 3.67. The highest BCUT2D eigenvalue weighted by atomic mass is 16.3. The molecule has 2 N–H and O–H groups in total. The van der Waals surface area contributed by atoms with Gasteiger partial charge in [-0.2, -0.15) is 0 Å². The van der Waals surface area contributed by atoms with Crippen LogP contribution < -0.4 is 5.32 Å². The largest absolute Gasteiger partial charge is 0.506 e. The zero-order chi connectivity index (χ0) is 18.6. The number of rotatable bonds is 5. The SMILES string of the molecule is C=C(NCc1ccccc1)c1cccc(-c2cc(O)c3ncccc3c2)c1. The van der Waals surface area contributed by atoms with Crippen LogP contribution in [0.2, 0.25) is 0 Å². The van der Waals surface area contributed by atoms with Crippen LogP contribution in [0.5, 0.6) is 5.75 Å². The molecule has 132 valence electrons. The molecule has 0 atom stereocenters. The number of hydrogen-bond donors (Lipinski definition) is 2. The minimum Gasteiger partial charge on any atom is -0.506 e. The summed E-state index contributed by atoms with van der Waals surface area (Å²) in [6.07, 6.45) is 1.69. The van der Waals surface area contributed by atoms with Gasteiger partial charge in [-0.15, -0.1) is 0 Å². The summed E-state index contributed by atoms with van der Waals surface area (Å²) in [7, 11) is 0. The predicted molar refractivity (Wildman–Crippen MR) is 111 cm³/mol. The van der Waals surface area contributed by atoms with Crippen LogP contribution in [0.15, 0.2) is 91.6 Å². The molecule has 0 spiro atoms. The van der Waals surface area contributed by atoms with Crippen molar-refractivity contribution < 1.29 is 5.11 Å². The minimum absolute atomic E-state index is 0.189. The molecule has 0 saturated heterocycles. The Bertz CT molecular complexity index is 1100. The summed E-state index contributed by atoms with van der Waals surface area (Å²) in [5.41, 5.74) is 5.69. The second-order valence-electron chi connectivity index (χ2n) is 6.47. The summed E-state index contributed by atoms with van der Waals surface area (Å²) in [6.45, 7) is 4.90. The summed E-state index contributed by atoms with van der Waals surface area (Å²) in [4.78, 5) is 4.24. The molecule has 0 aliphatic rings. The number of phenols is 1. The topological polar surface area (TPSA) is 45.1 Å². The lowest BCUT2D eigenvalue weighted by atomic mass is 10.00. The number of benzene rings is 3. The highest BCUT2D eigenvalue weighted by Crippen LogP contribution is 2.31. The molecule has 0 aliphatic heterocycles. The van der Waals surface area contributed by atoms with Gasteiger partial charge in [-0.1, -0.05) is 61.2 Å². The summed E-state index contributed by atoms with van der Waals surface area (Å²) in [5.74, 6) is 0.189. The first-order chi connectivity index (χ1) is 13.2. The van der Waals surface area contributed by atoms with Crippen LogP contribution in [0.1, 0.15) is 11.1 Å². The van der Waals surface area contributed by atoms with Crippen LogP contribution in [0, 0.1) is 0 Å². The molecule has 27 heavy (non-hydrogen) atoms. The van der Waals surface area contributed by atoms with Crippen molar-refractivity contribution in [1.29, 1.82) is 0 Å². The van der Waals surface area contributed by atoms with Gasteiger partial charge in [0.15, 0.2) is 0 Å². The monoisotopic (exact) mass is 352 g/mol. The number of nitrogens with one attached hydrogen (secondary N) is 1. The minimum atomic E-state index is 0.189. The van der Waals surface area contributed by atoms with E-state index in [1.165, 1.54) is 5.56 Å². The first kappa shape index (κ1) is 16.9. The molecule has 0 aliphatic carbocycles. The highest BCUT2D eigenvalue weighted by Gasteiger charge is 2.07. The van der Waals surface area contributed by atoms with Crippen molar-refractivity contribution in [3.63, 3.8) is 0 Å². The van der Waals surface area contributed by atoms with Gasteiger partial charge >= 0.3 is 0 Å². The van der Waals surface area contributed by atoms with Gasteiger partial charge in [0.05, 0.1) is 0 Å². The molecule has 0 bridgehead atoms. The molecule has 0 amide bonds. The Labute approximate surface area is 158 Å². The van der Waals surface area contributed by atoms with E-state index in [4.69, 9.17) is 0 Å².